The number of amidine groups is 1. The molecule has 4 amide bonds. The van der Waals surface area contributed by atoms with Crippen molar-refractivity contribution in [2.24, 2.45) is 0 Å². The largest absolute Gasteiger partial charge is 0.444 e. The lowest BCUT2D eigenvalue weighted by Gasteiger charge is -2.36. The van der Waals surface area contributed by atoms with Crippen LogP contribution in [0.25, 0.3) is 0 Å². The van der Waals surface area contributed by atoms with Gasteiger partial charge in [-0.05, 0) is 44.9 Å². The Kier molecular flexibility index (Phi) is 6.71. The summed E-state index contributed by atoms with van der Waals surface area (Å²) in [5, 5.41) is 13.7. The fourth-order valence-electron chi connectivity index (χ4n) is 3.90. The highest BCUT2D eigenvalue weighted by atomic mass is 19.1. The van der Waals surface area contributed by atoms with Gasteiger partial charge in [-0.3, -0.25) is 20.4 Å². The highest BCUT2D eigenvalue weighted by Crippen LogP contribution is 2.34. The van der Waals surface area contributed by atoms with E-state index in [1.165, 1.54) is 9.80 Å². The quantitative estimate of drug-likeness (QED) is 0.487. The van der Waals surface area contributed by atoms with E-state index < -0.39 is 29.8 Å². The van der Waals surface area contributed by atoms with Gasteiger partial charge in [-0.2, -0.15) is 0 Å². The molecule has 2 aliphatic heterocycles. The highest BCUT2D eigenvalue weighted by Gasteiger charge is 2.35. The Bertz CT molecular complexity index is 929. The molecule has 3 rings (SSSR count). The minimum Gasteiger partial charge on any atom is -0.444 e. The van der Waals surface area contributed by atoms with Crippen LogP contribution in [0.15, 0.2) is 18.2 Å². The van der Waals surface area contributed by atoms with Gasteiger partial charge in [0.25, 0.3) is 0 Å². The average molecular weight is 448 g/mol. The standard InChI is InChI=1S/C22H30FN5O4/c1-22(2,3)32-21(31)27-9-7-14(16(23)12-27)13-5-6-15(17(11-13)25-4)19(24)28-10-8-18(29)26-20(28)30/h5-6,11,14,16,24-25H,7-10,12H2,1-4H3,(H,26,29,30). The number of imide groups is 1. The summed E-state index contributed by atoms with van der Waals surface area (Å²) in [6.45, 7) is 5.78. The van der Waals surface area contributed by atoms with Crippen molar-refractivity contribution in [2.45, 2.75) is 51.3 Å². The number of urea groups is 1. The molecule has 32 heavy (non-hydrogen) atoms. The van der Waals surface area contributed by atoms with E-state index in [1.54, 1.807) is 46.0 Å². The molecule has 2 aliphatic rings. The van der Waals surface area contributed by atoms with Crippen molar-refractivity contribution in [3.63, 3.8) is 0 Å². The Morgan fingerprint density at radius 3 is 2.59 bits per heavy atom. The number of halogens is 1. The number of alkyl halides is 1. The smallest absolute Gasteiger partial charge is 0.410 e. The van der Waals surface area contributed by atoms with Gasteiger partial charge in [-0.15, -0.1) is 0 Å². The van der Waals surface area contributed by atoms with Gasteiger partial charge in [0.2, 0.25) is 5.91 Å². The molecular weight excluding hydrogens is 417 g/mol. The van der Waals surface area contributed by atoms with E-state index in [1.807, 2.05) is 0 Å². The summed E-state index contributed by atoms with van der Waals surface area (Å²) >= 11 is 0. The van der Waals surface area contributed by atoms with Crippen molar-refractivity contribution in [1.82, 2.24) is 15.1 Å². The average Bonchev–Trinajstić information content (AvgIpc) is 2.71. The third kappa shape index (κ3) is 5.17. The molecule has 0 saturated carbocycles. The van der Waals surface area contributed by atoms with Crippen LogP contribution in [0.2, 0.25) is 0 Å². The summed E-state index contributed by atoms with van der Waals surface area (Å²) in [6.07, 6.45) is -1.21. The van der Waals surface area contributed by atoms with Crippen LogP contribution < -0.4 is 10.6 Å². The summed E-state index contributed by atoms with van der Waals surface area (Å²) in [5.41, 5.74) is 1.17. The third-order valence-electron chi connectivity index (χ3n) is 5.51. The fraction of sp³-hybridized carbons (Fsp3) is 0.545. The third-order valence-corrected chi connectivity index (χ3v) is 5.51. The van der Waals surface area contributed by atoms with E-state index in [-0.39, 0.29) is 31.3 Å². The molecule has 2 saturated heterocycles. The van der Waals surface area contributed by atoms with Crippen LogP contribution in [-0.2, 0) is 9.53 Å². The summed E-state index contributed by atoms with van der Waals surface area (Å²) in [7, 11) is 1.69. The topological polar surface area (TPSA) is 115 Å². The van der Waals surface area contributed by atoms with Gasteiger partial charge < -0.3 is 15.0 Å². The van der Waals surface area contributed by atoms with Crippen molar-refractivity contribution in [3.05, 3.63) is 29.3 Å². The zero-order valence-electron chi connectivity index (χ0n) is 18.8. The number of carbonyl (C=O) groups is 3. The molecule has 10 heteroatoms. The monoisotopic (exact) mass is 447 g/mol. The Morgan fingerprint density at radius 2 is 2.00 bits per heavy atom. The van der Waals surface area contributed by atoms with Gasteiger partial charge in [0.15, 0.2) is 0 Å². The molecule has 0 bridgehead atoms. The molecule has 0 radical (unpaired) electrons. The predicted octanol–water partition coefficient (Wildman–Crippen LogP) is 3.06. The zero-order valence-corrected chi connectivity index (χ0v) is 18.8. The first kappa shape index (κ1) is 23.5. The maximum absolute atomic E-state index is 15.0. The number of benzene rings is 1. The Balaban J connectivity index is 1.73. The van der Waals surface area contributed by atoms with Crippen LogP contribution in [0.1, 0.15) is 50.7 Å². The van der Waals surface area contributed by atoms with Crippen molar-refractivity contribution in [3.8, 4) is 0 Å². The first-order valence-corrected chi connectivity index (χ1v) is 10.6. The zero-order chi connectivity index (χ0) is 23.6. The minimum atomic E-state index is -1.26. The Labute approximate surface area is 186 Å². The van der Waals surface area contributed by atoms with Crippen molar-refractivity contribution in [1.29, 1.82) is 5.41 Å². The van der Waals surface area contributed by atoms with Crippen LogP contribution >= 0.6 is 0 Å². The van der Waals surface area contributed by atoms with Crippen LogP contribution in [-0.4, -0.2) is 72.1 Å². The number of piperidine rings is 1. The molecule has 0 spiro atoms. The number of likely N-dealkylation sites (tertiary alicyclic amines) is 1. The maximum Gasteiger partial charge on any atom is 0.410 e. The van der Waals surface area contributed by atoms with Crippen LogP contribution in [0, 0.1) is 5.41 Å². The molecule has 2 atom stereocenters. The molecule has 174 valence electrons. The lowest BCUT2D eigenvalue weighted by molar-refractivity contribution is -0.121. The van der Waals surface area contributed by atoms with E-state index in [2.05, 4.69) is 10.6 Å². The van der Waals surface area contributed by atoms with E-state index in [0.29, 0.717) is 24.2 Å². The van der Waals surface area contributed by atoms with Gasteiger partial charge in [0.05, 0.1) is 6.54 Å². The summed E-state index contributed by atoms with van der Waals surface area (Å²) in [4.78, 5) is 38.3. The number of carbonyl (C=O) groups excluding carboxylic acids is 3. The summed E-state index contributed by atoms with van der Waals surface area (Å²) in [5.74, 6) is -0.808. The number of anilines is 1. The highest BCUT2D eigenvalue weighted by molar-refractivity contribution is 6.12. The minimum absolute atomic E-state index is 0.0394. The summed E-state index contributed by atoms with van der Waals surface area (Å²) in [6, 6.07) is 4.57. The van der Waals surface area contributed by atoms with E-state index in [4.69, 9.17) is 10.1 Å². The molecular formula is C22H30FN5O4. The first-order chi connectivity index (χ1) is 15.0. The maximum atomic E-state index is 15.0. The number of hydrogen-bond donors (Lipinski definition) is 3. The molecule has 3 N–H and O–H groups in total. The number of rotatable bonds is 3. The van der Waals surface area contributed by atoms with Gasteiger partial charge in [-0.1, -0.05) is 6.07 Å². The second kappa shape index (κ2) is 9.13. The van der Waals surface area contributed by atoms with Gasteiger partial charge in [0.1, 0.15) is 17.6 Å². The number of nitrogens with one attached hydrogen (secondary N) is 3. The molecule has 0 aromatic heterocycles. The molecule has 9 nitrogen and oxygen atoms in total. The molecule has 1 aromatic rings. The number of amides is 4. The second-order valence-electron chi connectivity index (χ2n) is 9.00. The molecule has 2 unspecified atom stereocenters. The molecule has 0 aliphatic carbocycles. The van der Waals surface area contributed by atoms with Crippen molar-refractivity contribution in [2.75, 3.05) is 32.0 Å². The van der Waals surface area contributed by atoms with Crippen LogP contribution in [0.3, 0.4) is 0 Å². The van der Waals surface area contributed by atoms with Gasteiger partial charge >= 0.3 is 12.1 Å². The number of nitrogens with zero attached hydrogens (tertiary/aromatic N) is 2. The van der Waals surface area contributed by atoms with Crippen LogP contribution in [0.4, 0.5) is 19.7 Å². The Morgan fingerprint density at radius 1 is 1.28 bits per heavy atom. The van der Waals surface area contributed by atoms with Crippen molar-refractivity contribution >= 4 is 29.6 Å². The molecule has 1 aromatic carbocycles. The van der Waals surface area contributed by atoms with E-state index in [0.717, 1.165) is 5.56 Å². The SMILES string of the molecule is CNc1cc(C2CCN(C(=O)OC(C)(C)C)CC2F)ccc1C(=N)N1CCC(=O)NC1=O. The molecule has 2 heterocycles. The van der Waals surface area contributed by atoms with Gasteiger partial charge in [-0.25, -0.2) is 14.0 Å². The fourth-order valence-corrected chi connectivity index (χ4v) is 3.90. The van der Waals surface area contributed by atoms with Crippen molar-refractivity contribution < 1.29 is 23.5 Å². The number of ether oxygens (including phenoxy) is 1. The predicted molar refractivity (Wildman–Crippen MR) is 118 cm³/mol. The summed E-state index contributed by atoms with van der Waals surface area (Å²) < 4.78 is 20.4. The van der Waals surface area contributed by atoms with Gasteiger partial charge in [0, 0.05) is 43.7 Å². The van der Waals surface area contributed by atoms with Crippen LogP contribution in [0.5, 0.6) is 0 Å². The van der Waals surface area contributed by atoms with E-state index in [9.17, 15) is 14.4 Å². The molecule has 2 fully saturated rings. The lowest BCUT2D eigenvalue weighted by Crippen LogP contribution is -2.52. The normalized spacial score (nSPS) is 21.8. The lowest BCUT2D eigenvalue weighted by atomic mass is 9.87. The Hall–Kier alpha value is -3.17. The number of hydrogen-bond acceptors (Lipinski definition) is 6. The van der Waals surface area contributed by atoms with E-state index >= 15 is 4.39 Å². The second-order valence-corrected chi connectivity index (χ2v) is 9.00. The first-order valence-electron chi connectivity index (χ1n) is 10.6.